The monoisotopic (exact) mass is 259 g/mol. The maximum atomic E-state index is 5.38. The molecule has 2 rings (SSSR count). The largest absolute Gasteiger partial charge is 0.382 e. The molecule has 1 aliphatic carbocycles. The van der Waals surface area contributed by atoms with Crippen molar-refractivity contribution in [1.29, 1.82) is 0 Å². The standard InChI is InChI=1S/C16H21NS/c1-12(13-7-5-4-6-8-13)17-14-9-15(18)11-16(2,3)10-14/h4-9,12,17H,10-11H2,1-3H3. The van der Waals surface area contributed by atoms with Crippen LogP contribution in [0, 0.1) is 5.41 Å². The van der Waals surface area contributed by atoms with Crippen molar-refractivity contribution in [2.24, 2.45) is 5.41 Å². The number of allylic oxidation sites excluding steroid dienone is 2. The fraction of sp³-hybridized carbons (Fsp3) is 0.438. The molecule has 1 aromatic carbocycles. The molecule has 0 heterocycles. The average Bonchev–Trinajstić information content (AvgIpc) is 2.27. The van der Waals surface area contributed by atoms with E-state index in [1.54, 1.807) is 0 Å². The summed E-state index contributed by atoms with van der Waals surface area (Å²) >= 11 is 5.38. The van der Waals surface area contributed by atoms with Crippen LogP contribution < -0.4 is 5.32 Å². The quantitative estimate of drug-likeness (QED) is 0.807. The highest BCUT2D eigenvalue weighted by molar-refractivity contribution is 7.80. The Balaban J connectivity index is 2.08. The van der Waals surface area contributed by atoms with Crippen LogP contribution in [0.5, 0.6) is 0 Å². The summed E-state index contributed by atoms with van der Waals surface area (Å²) in [4.78, 5) is 1.06. The molecular formula is C16H21NS. The van der Waals surface area contributed by atoms with Gasteiger partial charge in [-0.3, -0.25) is 0 Å². The highest BCUT2D eigenvalue weighted by atomic mass is 32.1. The van der Waals surface area contributed by atoms with Crippen molar-refractivity contribution < 1.29 is 0 Å². The summed E-state index contributed by atoms with van der Waals surface area (Å²) in [6.07, 6.45) is 4.23. The van der Waals surface area contributed by atoms with Crippen molar-refractivity contribution in [2.45, 2.75) is 39.7 Å². The molecule has 1 N–H and O–H groups in total. The summed E-state index contributed by atoms with van der Waals surface area (Å²) in [5.41, 5.74) is 2.87. The third-order valence-electron chi connectivity index (χ3n) is 3.36. The molecule has 1 unspecified atom stereocenters. The smallest absolute Gasteiger partial charge is 0.0482 e. The fourth-order valence-electron chi connectivity index (χ4n) is 2.54. The van der Waals surface area contributed by atoms with Crippen molar-refractivity contribution >= 4 is 17.1 Å². The molecule has 0 spiro atoms. The van der Waals surface area contributed by atoms with Crippen molar-refractivity contribution in [3.8, 4) is 0 Å². The van der Waals surface area contributed by atoms with E-state index in [4.69, 9.17) is 12.2 Å². The van der Waals surface area contributed by atoms with E-state index >= 15 is 0 Å². The topological polar surface area (TPSA) is 12.0 Å². The first-order valence-electron chi connectivity index (χ1n) is 6.51. The first-order chi connectivity index (χ1) is 8.46. The van der Waals surface area contributed by atoms with Gasteiger partial charge in [0.25, 0.3) is 0 Å². The minimum Gasteiger partial charge on any atom is -0.382 e. The number of hydrogen-bond donors (Lipinski definition) is 1. The lowest BCUT2D eigenvalue weighted by Gasteiger charge is -2.32. The third kappa shape index (κ3) is 3.42. The molecule has 0 aliphatic heterocycles. The first kappa shape index (κ1) is 13.3. The van der Waals surface area contributed by atoms with Crippen molar-refractivity contribution in [3.05, 3.63) is 47.7 Å². The second kappa shape index (κ2) is 5.23. The van der Waals surface area contributed by atoms with E-state index in [0.29, 0.717) is 6.04 Å². The van der Waals surface area contributed by atoms with Crippen molar-refractivity contribution in [2.75, 3.05) is 0 Å². The zero-order valence-corrected chi connectivity index (χ0v) is 12.2. The van der Waals surface area contributed by atoms with Crippen molar-refractivity contribution in [3.63, 3.8) is 0 Å². The van der Waals surface area contributed by atoms with Gasteiger partial charge in [-0.05, 0) is 36.8 Å². The Labute approximate surface area is 115 Å². The molecule has 1 nitrogen and oxygen atoms in total. The van der Waals surface area contributed by atoms with Gasteiger partial charge in [0.05, 0.1) is 0 Å². The lowest BCUT2D eigenvalue weighted by Crippen LogP contribution is -2.28. The van der Waals surface area contributed by atoms with E-state index in [9.17, 15) is 0 Å². The van der Waals surface area contributed by atoms with Crippen LogP contribution >= 0.6 is 12.2 Å². The number of thiocarbonyl (C=S) groups is 1. The molecule has 0 radical (unpaired) electrons. The van der Waals surface area contributed by atoms with Crippen LogP contribution in [0.4, 0.5) is 0 Å². The van der Waals surface area contributed by atoms with E-state index in [2.05, 4.69) is 56.4 Å². The minimum atomic E-state index is 0.282. The van der Waals surface area contributed by atoms with Gasteiger partial charge in [0.2, 0.25) is 0 Å². The Morgan fingerprint density at radius 3 is 2.44 bits per heavy atom. The summed E-state index contributed by atoms with van der Waals surface area (Å²) in [5.74, 6) is 0. The predicted molar refractivity (Wildman–Crippen MR) is 81.7 cm³/mol. The molecular weight excluding hydrogens is 238 g/mol. The molecule has 0 saturated heterocycles. The number of hydrogen-bond acceptors (Lipinski definition) is 2. The third-order valence-corrected chi connectivity index (χ3v) is 3.62. The first-order valence-corrected chi connectivity index (χ1v) is 6.92. The highest BCUT2D eigenvalue weighted by Crippen LogP contribution is 2.34. The van der Waals surface area contributed by atoms with Gasteiger partial charge < -0.3 is 5.32 Å². The van der Waals surface area contributed by atoms with Crippen molar-refractivity contribution in [1.82, 2.24) is 5.32 Å². The fourth-order valence-corrected chi connectivity index (χ4v) is 3.07. The molecule has 0 aromatic heterocycles. The molecule has 0 bridgehead atoms. The van der Waals surface area contributed by atoms with Crippen LogP contribution in [0.25, 0.3) is 0 Å². The SMILES string of the molecule is CC(NC1=CC(=S)CC(C)(C)C1)c1ccccc1. The molecule has 18 heavy (non-hydrogen) atoms. The lowest BCUT2D eigenvalue weighted by molar-refractivity contribution is 0.360. The Morgan fingerprint density at radius 1 is 1.17 bits per heavy atom. The van der Waals surface area contributed by atoms with E-state index < -0.39 is 0 Å². The van der Waals surface area contributed by atoms with Gasteiger partial charge in [-0.25, -0.2) is 0 Å². The van der Waals surface area contributed by atoms with E-state index in [1.165, 1.54) is 11.3 Å². The second-order valence-electron chi connectivity index (χ2n) is 5.93. The summed E-state index contributed by atoms with van der Waals surface area (Å²) in [6, 6.07) is 10.9. The normalized spacial score (nSPS) is 20.2. The van der Waals surface area contributed by atoms with Gasteiger partial charge in [0.15, 0.2) is 0 Å². The van der Waals surface area contributed by atoms with Gasteiger partial charge >= 0.3 is 0 Å². The maximum Gasteiger partial charge on any atom is 0.0482 e. The number of benzene rings is 1. The number of nitrogens with one attached hydrogen (secondary N) is 1. The zero-order valence-electron chi connectivity index (χ0n) is 11.4. The molecule has 2 heteroatoms. The van der Waals surface area contributed by atoms with Crippen LogP contribution in [0.1, 0.15) is 45.2 Å². The van der Waals surface area contributed by atoms with Gasteiger partial charge in [0, 0.05) is 16.6 Å². The van der Waals surface area contributed by atoms with E-state index in [0.717, 1.165) is 17.7 Å². The van der Waals surface area contributed by atoms with Crippen LogP contribution in [-0.2, 0) is 0 Å². The lowest BCUT2D eigenvalue weighted by atomic mass is 9.79. The Kier molecular flexibility index (Phi) is 3.86. The molecule has 1 atom stereocenters. The molecule has 0 amide bonds. The molecule has 96 valence electrons. The highest BCUT2D eigenvalue weighted by Gasteiger charge is 2.26. The molecule has 1 aliphatic rings. The van der Waals surface area contributed by atoms with Gasteiger partial charge in [-0.15, -0.1) is 0 Å². The Morgan fingerprint density at radius 2 is 1.83 bits per heavy atom. The van der Waals surface area contributed by atoms with Gasteiger partial charge in [-0.1, -0.05) is 56.4 Å². The van der Waals surface area contributed by atoms with Gasteiger partial charge in [-0.2, -0.15) is 0 Å². The van der Waals surface area contributed by atoms with Gasteiger partial charge in [0.1, 0.15) is 0 Å². The van der Waals surface area contributed by atoms with Crippen LogP contribution in [0.15, 0.2) is 42.1 Å². The Bertz CT molecular complexity index is 459. The maximum absolute atomic E-state index is 5.38. The number of rotatable bonds is 3. The molecule has 0 fully saturated rings. The predicted octanol–water partition coefficient (Wildman–Crippen LogP) is 4.41. The molecule has 0 saturated carbocycles. The van der Waals surface area contributed by atoms with Crippen LogP contribution in [0.2, 0.25) is 0 Å². The minimum absolute atomic E-state index is 0.282. The van der Waals surface area contributed by atoms with Crippen LogP contribution in [0.3, 0.4) is 0 Å². The van der Waals surface area contributed by atoms with E-state index in [-0.39, 0.29) is 5.41 Å². The average molecular weight is 259 g/mol. The van der Waals surface area contributed by atoms with Crippen LogP contribution in [-0.4, -0.2) is 4.86 Å². The summed E-state index contributed by atoms with van der Waals surface area (Å²) in [5, 5.41) is 3.59. The Hall–Kier alpha value is -1.15. The summed E-state index contributed by atoms with van der Waals surface area (Å²) < 4.78 is 0. The van der Waals surface area contributed by atoms with E-state index in [1.807, 2.05) is 6.07 Å². The molecule has 1 aromatic rings. The summed E-state index contributed by atoms with van der Waals surface area (Å²) in [7, 11) is 0. The summed E-state index contributed by atoms with van der Waals surface area (Å²) in [6.45, 7) is 6.75. The zero-order chi connectivity index (χ0) is 13.2. The second-order valence-corrected chi connectivity index (χ2v) is 6.45.